The second-order valence-electron chi connectivity index (χ2n) is 5.79. The van der Waals surface area contributed by atoms with Crippen LogP contribution < -0.4 is 0 Å². The van der Waals surface area contributed by atoms with E-state index in [0.717, 1.165) is 38.3 Å². The highest BCUT2D eigenvalue weighted by Gasteiger charge is 2.21. The van der Waals surface area contributed by atoms with Crippen molar-refractivity contribution in [1.29, 1.82) is 0 Å². The van der Waals surface area contributed by atoms with Crippen molar-refractivity contribution in [2.75, 3.05) is 19.0 Å². The van der Waals surface area contributed by atoms with E-state index in [2.05, 4.69) is 31.2 Å². The molecule has 0 bridgehead atoms. The number of hydrogen-bond donors (Lipinski definition) is 0. The van der Waals surface area contributed by atoms with E-state index in [-0.39, 0.29) is 5.91 Å². The number of rotatable bonds is 5. The molecule has 2 nitrogen and oxygen atoms in total. The van der Waals surface area contributed by atoms with Crippen LogP contribution in [-0.4, -0.2) is 29.8 Å². The first-order valence-corrected chi connectivity index (χ1v) is 8.12. The van der Waals surface area contributed by atoms with Crippen LogP contribution in [0.4, 0.5) is 0 Å². The molecule has 1 aliphatic rings. The molecule has 1 saturated heterocycles. The zero-order valence-corrected chi connectivity index (χ0v) is 13.0. The van der Waals surface area contributed by atoms with Crippen LogP contribution in [0.1, 0.15) is 36.8 Å². The molecule has 1 aromatic carbocycles. The summed E-state index contributed by atoms with van der Waals surface area (Å²) in [5, 5.41) is 0. The van der Waals surface area contributed by atoms with Crippen molar-refractivity contribution < 1.29 is 4.79 Å². The normalized spacial score (nSPS) is 16.4. The van der Waals surface area contributed by atoms with Gasteiger partial charge in [-0.2, -0.15) is 0 Å². The molecule has 0 unspecified atom stereocenters. The molecule has 1 fully saturated rings. The zero-order chi connectivity index (χ0) is 14.4. The summed E-state index contributed by atoms with van der Waals surface area (Å²) < 4.78 is 0. The van der Waals surface area contributed by atoms with Crippen LogP contribution in [0.15, 0.2) is 24.3 Å². The maximum atomic E-state index is 11.8. The highest BCUT2D eigenvalue weighted by molar-refractivity contribution is 6.18. The third kappa shape index (κ3) is 4.52. The molecule has 20 heavy (non-hydrogen) atoms. The van der Waals surface area contributed by atoms with Gasteiger partial charge in [0.2, 0.25) is 5.91 Å². The molecule has 0 spiro atoms. The van der Waals surface area contributed by atoms with Crippen LogP contribution in [0.2, 0.25) is 0 Å². The first kappa shape index (κ1) is 15.4. The van der Waals surface area contributed by atoms with E-state index in [1.807, 2.05) is 4.90 Å². The van der Waals surface area contributed by atoms with Gasteiger partial charge in [-0.25, -0.2) is 0 Å². The van der Waals surface area contributed by atoms with E-state index in [4.69, 9.17) is 11.6 Å². The van der Waals surface area contributed by atoms with Crippen LogP contribution >= 0.6 is 11.6 Å². The minimum Gasteiger partial charge on any atom is -0.343 e. The minimum atomic E-state index is 0.219. The van der Waals surface area contributed by atoms with Crippen molar-refractivity contribution in [2.45, 2.75) is 39.0 Å². The number of halogens is 1. The van der Waals surface area contributed by atoms with Crippen LogP contribution in [0.3, 0.4) is 0 Å². The van der Waals surface area contributed by atoms with Gasteiger partial charge in [0.1, 0.15) is 0 Å². The van der Waals surface area contributed by atoms with Gasteiger partial charge in [-0.1, -0.05) is 29.8 Å². The molecule has 0 saturated carbocycles. The second kappa shape index (κ2) is 7.68. The van der Waals surface area contributed by atoms with Crippen molar-refractivity contribution in [1.82, 2.24) is 4.90 Å². The predicted octanol–water partition coefficient (Wildman–Crippen LogP) is 3.80. The topological polar surface area (TPSA) is 20.3 Å². The second-order valence-corrected chi connectivity index (χ2v) is 6.17. The molecule has 1 amide bonds. The molecule has 2 rings (SSSR count). The van der Waals surface area contributed by atoms with Crippen molar-refractivity contribution in [3.8, 4) is 0 Å². The SMILES string of the molecule is Cc1ccc(CCC2CCN(C(=O)CCCl)CC2)cc1. The minimum absolute atomic E-state index is 0.219. The number of piperidine rings is 1. The molecule has 0 aromatic heterocycles. The summed E-state index contributed by atoms with van der Waals surface area (Å²) in [7, 11) is 0. The molecule has 0 aliphatic carbocycles. The first-order chi connectivity index (χ1) is 9.69. The van der Waals surface area contributed by atoms with Crippen molar-refractivity contribution in [3.05, 3.63) is 35.4 Å². The molecule has 110 valence electrons. The number of carbonyl (C=O) groups is 1. The van der Waals surface area contributed by atoms with Gasteiger partial charge in [0.15, 0.2) is 0 Å². The zero-order valence-electron chi connectivity index (χ0n) is 12.3. The molecule has 0 N–H and O–H groups in total. The molecule has 0 radical (unpaired) electrons. The summed E-state index contributed by atoms with van der Waals surface area (Å²) in [5.41, 5.74) is 2.75. The Labute approximate surface area is 127 Å². The summed E-state index contributed by atoms with van der Waals surface area (Å²) >= 11 is 5.63. The fourth-order valence-corrected chi connectivity index (χ4v) is 3.00. The largest absolute Gasteiger partial charge is 0.343 e. The number of nitrogens with zero attached hydrogens (tertiary/aromatic N) is 1. The highest BCUT2D eigenvalue weighted by atomic mass is 35.5. The lowest BCUT2D eigenvalue weighted by atomic mass is 9.90. The van der Waals surface area contributed by atoms with Crippen LogP contribution in [0.25, 0.3) is 0 Å². The number of hydrogen-bond acceptors (Lipinski definition) is 1. The van der Waals surface area contributed by atoms with Gasteiger partial charge in [-0.15, -0.1) is 11.6 Å². The number of benzene rings is 1. The number of aryl methyl sites for hydroxylation is 2. The average molecular weight is 294 g/mol. The Kier molecular flexibility index (Phi) is 5.90. The van der Waals surface area contributed by atoms with Gasteiger partial charge in [-0.05, 0) is 44.1 Å². The lowest BCUT2D eigenvalue weighted by Crippen LogP contribution is -2.38. The monoisotopic (exact) mass is 293 g/mol. The number of amides is 1. The molecule has 0 atom stereocenters. The van der Waals surface area contributed by atoms with Crippen LogP contribution in [0.5, 0.6) is 0 Å². The average Bonchev–Trinajstić information content (AvgIpc) is 2.47. The summed E-state index contributed by atoms with van der Waals surface area (Å²) in [6.07, 6.45) is 5.15. The first-order valence-electron chi connectivity index (χ1n) is 7.58. The standard InChI is InChI=1S/C17H24ClNO/c1-14-2-4-15(5-3-14)6-7-16-9-12-19(13-10-16)17(20)8-11-18/h2-5,16H,6-13H2,1H3. The number of alkyl halides is 1. The van der Waals surface area contributed by atoms with E-state index in [0.29, 0.717) is 12.3 Å². The summed E-state index contributed by atoms with van der Waals surface area (Å²) in [6.45, 7) is 3.94. The number of carbonyl (C=O) groups excluding carboxylic acids is 1. The predicted molar refractivity (Wildman–Crippen MR) is 84.1 cm³/mol. The Balaban J connectivity index is 1.72. The van der Waals surface area contributed by atoms with Crippen molar-refractivity contribution in [3.63, 3.8) is 0 Å². The molecular weight excluding hydrogens is 270 g/mol. The fourth-order valence-electron chi connectivity index (χ4n) is 2.84. The Morgan fingerprint density at radius 3 is 2.50 bits per heavy atom. The summed E-state index contributed by atoms with van der Waals surface area (Å²) in [4.78, 5) is 13.7. The molecule has 3 heteroatoms. The third-order valence-electron chi connectivity index (χ3n) is 4.24. The lowest BCUT2D eigenvalue weighted by molar-refractivity contribution is -0.132. The van der Waals surface area contributed by atoms with E-state index in [9.17, 15) is 4.79 Å². The molecular formula is C17H24ClNO. The van der Waals surface area contributed by atoms with E-state index in [1.54, 1.807) is 0 Å². The summed E-state index contributed by atoms with van der Waals surface area (Å²) in [5.74, 6) is 1.42. The van der Waals surface area contributed by atoms with Gasteiger partial charge in [0.05, 0.1) is 0 Å². The van der Waals surface area contributed by atoms with Crippen molar-refractivity contribution in [2.24, 2.45) is 5.92 Å². The fraction of sp³-hybridized carbons (Fsp3) is 0.588. The third-order valence-corrected chi connectivity index (χ3v) is 4.43. The van der Waals surface area contributed by atoms with Crippen LogP contribution in [-0.2, 0) is 11.2 Å². The van der Waals surface area contributed by atoms with E-state index >= 15 is 0 Å². The molecule has 1 heterocycles. The van der Waals surface area contributed by atoms with Crippen LogP contribution in [0, 0.1) is 12.8 Å². The van der Waals surface area contributed by atoms with Gasteiger partial charge >= 0.3 is 0 Å². The Morgan fingerprint density at radius 2 is 1.90 bits per heavy atom. The maximum absolute atomic E-state index is 11.8. The Hall–Kier alpha value is -1.02. The number of likely N-dealkylation sites (tertiary alicyclic amines) is 1. The van der Waals surface area contributed by atoms with E-state index in [1.165, 1.54) is 17.5 Å². The van der Waals surface area contributed by atoms with Crippen molar-refractivity contribution >= 4 is 17.5 Å². The van der Waals surface area contributed by atoms with Gasteiger partial charge in [0.25, 0.3) is 0 Å². The highest BCUT2D eigenvalue weighted by Crippen LogP contribution is 2.23. The quantitative estimate of drug-likeness (QED) is 0.756. The lowest BCUT2D eigenvalue weighted by Gasteiger charge is -2.32. The Morgan fingerprint density at radius 1 is 1.25 bits per heavy atom. The van der Waals surface area contributed by atoms with E-state index < -0.39 is 0 Å². The van der Waals surface area contributed by atoms with Gasteiger partial charge in [0, 0.05) is 25.4 Å². The molecule has 1 aromatic rings. The smallest absolute Gasteiger partial charge is 0.223 e. The van der Waals surface area contributed by atoms with Gasteiger partial charge < -0.3 is 4.90 Å². The molecule has 1 aliphatic heterocycles. The summed E-state index contributed by atoms with van der Waals surface area (Å²) in [6, 6.07) is 8.83. The van der Waals surface area contributed by atoms with Gasteiger partial charge in [-0.3, -0.25) is 4.79 Å². The Bertz CT molecular complexity index is 421. The maximum Gasteiger partial charge on any atom is 0.223 e.